The van der Waals surface area contributed by atoms with Crippen LogP contribution in [0.2, 0.25) is 9.49 Å². The summed E-state index contributed by atoms with van der Waals surface area (Å²) in [6.45, 7) is 1.90. The van der Waals surface area contributed by atoms with Crippen LogP contribution in [0.15, 0.2) is 24.3 Å². The number of nitrogens with zero attached hydrogens (tertiary/aromatic N) is 1. The van der Waals surface area contributed by atoms with Crippen LogP contribution in [0.1, 0.15) is 28.2 Å². The average Bonchev–Trinajstić information content (AvgIpc) is 2.75. The van der Waals surface area contributed by atoms with Gasteiger partial charge in [-0.25, -0.2) is 9.78 Å². The molecule has 1 unspecified atom stereocenters. The van der Waals surface area contributed by atoms with Crippen molar-refractivity contribution in [3.63, 3.8) is 0 Å². The normalized spacial score (nSPS) is 12.2. The van der Waals surface area contributed by atoms with Gasteiger partial charge in [0.2, 0.25) is 0 Å². The molecule has 0 aromatic carbocycles. The van der Waals surface area contributed by atoms with Crippen molar-refractivity contribution in [1.82, 2.24) is 4.98 Å². The molecule has 0 aliphatic rings. The third-order valence-electron chi connectivity index (χ3n) is 2.47. The number of carbonyl (C=O) groups is 1. The van der Waals surface area contributed by atoms with Crippen LogP contribution < -0.4 is 5.32 Å². The van der Waals surface area contributed by atoms with Gasteiger partial charge in [0.1, 0.15) is 16.5 Å². The number of halogens is 2. The van der Waals surface area contributed by atoms with Crippen molar-refractivity contribution in [3.05, 3.63) is 44.2 Å². The second-order valence-electron chi connectivity index (χ2n) is 3.84. The summed E-state index contributed by atoms with van der Waals surface area (Å²) in [5.41, 5.74) is 0.0823. The lowest BCUT2D eigenvalue weighted by Gasteiger charge is -2.14. The summed E-state index contributed by atoms with van der Waals surface area (Å²) in [6, 6.07) is 6.44. The second-order valence-corrected chi connectivity index (χ2v) is 5.98. The van der Waals surface area contributed by atoms with Crippen molar-refractivity contribution >= 4 is 46.3 Å². The van der Waals surface area contributed by atoms with Crippen molar-refractivity contribution < 1.29 is 9.90 Å². The lowest BCUT2D eigenvalue weighted by molar-refractivity contribution is 0.0697. The first kappa shape index (κ1) is 14.1. The third kappa shape index (κ3) is 3.37. The number of rotatable bonds is 4. The fourth-order valence-corrected chi connectivity index (χ4v) is 2.77. The van der Waals surface area contributed by atoms with Crippen molar-refractivity contribution in [2.75, 3.05) is 5.32 Å². The zero-order valence-electron chi connectivity index (χ0n) is 9.85. The van der Waals surface area contributed by atoms with E-state index in [0.717, 1.165) is 4.88 Å². The molecule has 0 aliphatic carbocycles. The minimum absolute atomic E-state index is 0.0823. The number of hydrogen-bond acceptors (Lipinski definition) is 4. The van der Waals surface area contributed by atoms with Gasteiger partial charge < -0.3 is 10.4 Å². The summed E-state index contributed by atoms with van der Waals surface area (Å²) >= 11 is 13.1. The van der Waals surface area contributed by atoms with Gasteiger partial charge in [0.25, 0.3) is 0 Å². The molecule has 100 valence electrons. The maximum atomic E-state index is 11.1. The van der Waals surface area contributed by atoms with Crippen LogP contribution in [0.25, 0.3) is 0 Å². The molecule has 1 atom stereocenters. The van der Waals surface area contributed by atoms with Crippen LogP contribution in [0.4, 0.5) is 5.82 Å². The van der Waals surface area contributed by atoms with Crippen LogP contribution in [-0.2, 0) is 0 Å². The van der Waals surface area contributed by atoms with Gasteiger partial charge in [-0.3, -0.25) is 0 Å². The molecule has 2 aromatic heterocycles. The van der Waals surface area contributed by atoms with Crippen LogP contribution in [0.5, 0.6) is 0 Å². The molecule has 19 heavy (non-hydrogen) atoms. The molecule has 0 amide bonds. The number of carboxylic acids is 1. The Morgan fingerprint density at radius 2 is 2.11 bits per heavy atom. The molecule has 7 heteroatoms. The third-order valence-corrected chi connectivity index (χ3v) is 4.09. The summed E-state index contributed by atoms with van der Waals surface area (Å²) in [7, 11) is 0. The maximum Gasteiger partial charge on any atom is 0.339 e. The predicted molar refractivity (Wildman–Crippen MR) is 77.6 cm³/mol. The molecule has 4 nitrogen and oxygen atoms in total. The SMILES string of the molecule is CC(Nc1nc(Cl)ccc1C(=O)O)c1ccc(Cl)s1. The lowest BCUT2D eigenvalue weighted by Crippen LogP contribution is -2.11. The number of aromatic carboxylic acids is 1. The predicted octanol–water partition coefficient (Wildman–Crippen LogP) is 4.32. The number of thiophene rings is 1. The Morgan fingerprint density at radius 3 is 2.68 bits per heavy atom. The molecule has 0 saturated carbocycles. The molecular weight excluding hydrogens is 307 g/mol. The smallest absolute Gasteiger partial charge is 0.339 e. The van der Waals surface area contributed by atoms with Gasteiger partial charge in [-0.15, -0.1) is 11.3 Å². The van der Waals surface area contributed by atoms with Crippen molar-refractivity contribution in [1.29, 1.82) is 0 Å². The summed E-state index contributed by atoms with van der Waals surface area (Å²) in [4.78, 5) is 16.1. The minimum Gasteiger partial charge on any atom is -0.478 e. The van der Waals surface area contributed by atoms with Crippen molar-refractivity contribution in [2.24, 2.45) is 0 Å². The van der Waals surface area contributed by atoms with Gasteiger partial charge in [-0.05, 0) is 31.2 Å². The fourth-order valence-electron chi connectivity index (χ4n) is 1.56. The molecule has 2 aromatic rings. The van der Waals surface area contributed by atoms with Gasteiger partial charge in [0.05, 0.1) is 10.4 Å². The Morgan fingerprint density at radius 1 is 1.37 bits per heavy atom. The minimum atomic E-state index is -1.05. The Kier molecular flexibility index (Phi) is 4.29. The number of aromatic nitrogens is 1. The van der Waals surface area contributed by atoms with Crippen LogP contribution in [0.3, 0.4) is 0 Å². The van der Waals surface area contributed by atoms with Gasteiger partial charge >= 0.3 is 5.97 Å². The fraction of sp³-hybridized carbons (Fsp3) is 0.167. The van der Waals surface area contributed by atoms with Crippen molar-refractivity contribution in [2.45, 2.75) is 13.0 Å². The molecule has 0 radical (unpaired) electrons. The second kappa shape index (κ2) is 5.77. The highest BCUT2D eigenvalue weighted by Gasteiger charge is 2.15. The average molecular weight is 317 g/mol. The Bertz CT molecular complexity index is 616. The van der Waals surface area contributed by atoms with Gasteiger partial charge in [0.15, 0.2) is 0 Å². The summed E-state index contributed by atoms with van der Waals surface area (Å²) in [6.07, 6.45) is 0. The molecule has 2 rings (SSSR count). The molecule has 0 bridgehead atoms. The van der Waals surface area contributed by atoms with E-state index in [0.29, 0.717) is 4.34 Å². The topological polar surface area (TPSA) is 62.2 Å². The van der Waals surface area contributed by atoms with E-state index in [1.165, 1.54) is 23.5 Å². The first-order valence-electron chi connectivity index (χ1n) is 5.39. The highest BCUT2D eigenvalue weighted by atomic mass is 35.5. The standard InChI is InChI=1S/C12H10Cl2N2O2S/c1-6(8-3-5-10(14)19-8)15-11-7(12(17)18)2-4-9(13)16-11/h2-6H,1H3,(H,15,16)(H,17,18). The van der Waals surface area contributed by atoms with Gasteiger partial charge in [-0.2, -0.15) is 0 Å². The summed E-state index contributed by atoms with van der Waals surface area (Å²) in [5.74, 6) is -0.805. The quantitative estimate of drug-likeness (QED) is 0.824. The van der Waals surface area contributed by atoms with Gasteiger partial charge in [-0.1, -0.05) is 23.2 Å². The van der Waals surface area contributed by atoms with Crippen LogP contribution in [0, 0.1) is 0 Å². The van der Waals surface area contributed by atoms with E-state index >= 15 is 0 Å². The first-order chi connectivity index (χ1) is 8.97. The molecule has 0 saturated heterocycles. The first-order valence-corrected chi connectivity index (χ1v) is 6.96. The number of carboxylic acid groups (broad SMARTS) is 1. The number of hydrogen-bond donors (Lipinski definition) is 2. The maximum absolute atomic E-state index is 11.1. The Balaban J connectivity index is 2.27. The molecular formula is C12H10Cl2N2O2S. The van der Waals surface area contributed by atoms with Crippen LogP contribution in [-0.4, -0.2) is 16.1 Å². The zero-order valence-corrected chi connectivity index (χ0v) is 12.2. The van der Waals surface area contributed by atoms with E-state index in [1.54, 1.807) is 6.07 Å². The van der Waals surface area contributed by atoms with E-state index in [-0.39, 0.29) is 22.6 Å². The molecule has 2 N–H and O–H groups in total. The number of nitrogens with one attached hydrogen (secondary N) is 1. The Labute approximate surface area is 124 Å². The summed E-state index contributed by atoms with van der Waals surface area (Å²) in [5, 5.41) is 12.4. The van der Waals surface area contributed by atoms with E-state index in [1.807, 2.05) is 13.0 Å². The van der Waals surface area contributed by atoms with Crippen molar-refractivity contribution in [3.8, 4) is 0 Å². The highest BCUT2D eigenvalue weighted by Crippen LogP contribution is 2.29. The lowest BCUT2D eigenvalue weighted by atomic mass is 10.2. The monoisotopic (exact) mass is 316 g/mol. The van der Waals surface area contributed by atoms with Gasteiger partial charge in [0, 0.05) is 4.88 Å². The highest BCUT2D eigenvalue weighted by molar-refractivity contribution is 7.16. The molecule has 2 heterocycles. The van der Waals surface area contributed by atoms with E-state index in [2.05, 4.69) is 10.3 Å². The largest absolute Gasteiger partial charge is 0.478 e. The number of anilines is 1. The molecule has 0 spiro atoms. The zero-order chi connectivity index (χ0) is 14.0. The van der Waals surface area contributed by atoms with E-state index in [9.17, 15) is 4.79 Å². The van der Waals surface area contributed by atoms with E-state index in [4.69, 9.17) is 28.3 Å². The van der Waals surface area contributed by atoms with Crippen LogP contribution >= 0.6 is 34.5 Å². The summed E-state index contributed by atoms with van der Waals surface area (Å²) < 4.78 is 0.682. The molecule has 0 fully saturated rings. The number of pyridine rings is 1. The Hall–Kier alpha value is -1.30. The molecule has 0 aliphatic heterocycles. The van der Waals surface area contributed by atoms with E-state index < -0.39 is 5.97 Å².